The topological polar surface area (TPSA) is 72.0 Å². The summed E-state index contributed by atoms with van der Waals surface area (Å²) in [7, 11) is -3.80. The summed E-state index contributed by atoms with van der Waals surface area (Å²) in [6.07, 6.45) is 0. The predicted octanol–water partition coefficient (Wildman–Crippen LogP) is 3.49. The lowest BCUT2D eigenvalue weighted by Gasteiger charge is -2.10. The molecule has 3 rings (SSSR count). The van der Waals surface area contributed by atoms with E-state index in [1.807, 2.05) is 13.8 Å². The molecule has 7 heteroatoms. The van der Waals surface area contributed by atoms with Gasteiger partial charge in [0.15, 0.2) is 0 Å². The van der Waals surface area contributed by atoms with Crippen LogP contribution in [-0.4, -0.2) is 18.4 Å². The first-order chi connectivity index (χ1) is 11.3. The summed E-state index contributed by atoms with van der Waals surface area (Å²) in [5, 5.41) is 0. The molecule has 0 fully saturated rings. The van der Waals surface area contributed by atoms with Crippen LogP contribution in [0.15, 0.2) is 41.3 Å². The average molecular weight is 345 g/mol. The minimum Gasteiger partial charge on any atom is -0.280 e. The molecule has 3 aromatic rings. The molecule has 0 unspecified atom stereocenters. The number of sulfonamides is 1. The summed E-state index contributed by atoms with van der Waals surface area (Å²) in [6, 6.07) is 8.64. The first-order valence-electron chi connectivity index (χ1n) is 7.30. The first-order valence-corrected chi connectivity index (χ1v) is 8.78. The summed E-state index contributed by atoms with van der Waals surface area (Å²) in [6.45, 7) is 5.24. The molecule has 5 nitrogen and oxygen atoms in total. The summed E-state index contributed by atoms with van der Waals surface area (Å²) in [4.78, 5) is 8.84. The number of nitrogens with one attached hydrogen (secondary N) is 1. The summed E-state index contributed by atoms with van der Waals surface area (Å²) in [5.74, 6) is -0.444. The van der Waals surface area contributed by atoms with Gasteiger partial charge in [-0.3, -0.25) is 4.72 Å². The third kappa shape index (κ3) is 3.07. The average Bonchev–Trinajstić information content (AvgIpc) is 2.51. The van der Waals surface area contributed by atoms with Gasteiger partial charge >= 0.3 is 0 Å². The van der Waals surface area contributed by atoms with Crippen LogP contribution in [0.4, 0.5) is 10.1 Å². The molecule has 0 bridgehead atoms. The second kappa shape index (κ2) is 5.83. The number of benzene rings is 2. The van der Waals surface area contributed by atoms with E-state index in [9.17, 15) is 12.8 Å². The zero-order valence-electron chi connectivity index (χ0n) is 13.5. The van der Waals surface area contributed by atoms with Gasteiger partial charge in [0.05, 0.1) is 33.0 Å². The SMILES string of the molecule is Cc1cc(S(=O)(=O)Nc2ccc3nc(C)c(C)nc3c2)ccc1F. The molecule has 0 saturated heterocycles. The largest absolute Gasteiger partial charge is 0.280 e. The highest BCUT2D eigenvalue weighted by Crippen LogP contribution is 2.22. The minimum atomic E-state index is -3.80. The zero-order chi connectivity index (χ0) is 17.5. The van der Waals surface area contributed by atoms with E-state index >= 15 is 0 Å². The van der Waals surface area contributed by atoms with E-state index < -0.39 is 15.8 Å². The maximum Gasteiger partial charge on any atom is 0.261 e. The molecule has 0 atom stereocenters. The molecule has 1 N–H and O–H groups in total. The highest BCUT2D eigenvalue weighted by molar-refractivity contribution is 7.92. The number of aryl methyl sites for hydroxylation is 3. The van der Waals surface area contributed by atoms with E-state index in [2.05, 4.69) is 14.7 Å². The van der Waals surface area contributed by atoms with E-state index in [0.29, 0.717) is 16.7 Å². The molecule has 0 aliphatic rings. The van der Waals surface area contributed by atoms with E-state index in [-0.39, 0.29) is 10.5 Å². The van der Waals surface area contributed by atoms with Crippen molar-refractivity contribution >= 4 is 26.7 Å². The van der Waals surface area contributed by atoms with E-state index in [4.69, 9.17) is 0 Å². The standard InChI is InChI=1S/C17H16FN3O2S/c1-10-8-14(5-6-15(10)18)24(22,23)21-13-4-7-16-17(9-13)20-12(3)11(2)19-16/h4-9,21H,1-3H3. The Hall–Kier alpha value is -2.54. The maximum atomic E-state index is 13.3. The molecule has 0 aliphatic heterocycles. The molecule has 0 saturated carbocycles. The van der Waals surface area contributed by atoms with E-state index in [0.717, 1.165) is 17.5 Å². The fourth-order valence-corrected chi connectivity index (χ4v) is 3.43. The lowest BCUT2D eigenvalue weighted by molar-refractivity contribution is 0.598. The van der Waals surface area contributed by atoms with Crippen LogP contribution in [0.2, 0.25) is 0 Å². The Labute approximate surface area is 139 Å². The molecule has 0 radical (unpaired) electrons. The van der Waals surface area contributed by atoms with Crippen LogP contribution in [0.3, 0.4) is 0 Å². The number of halogens is 1. The van der Waals surface area contributed by atoms with Gasteiger partial charge in [-0.2, -0.15) is 0 Å². The quantitative estimate of drug-likeness (QED) is 0.789. The van der Waals surface area contributed by atoms with Crippen molar-refractivity contribution in [3.05, 3.63) is 59.2 Å². The van der Waals surface area contributed by atoms with Gasteiger partial charge in [0.2, 0.25) is 0 Å². The smallest absolute Gasteiger partial charge is 0.261 e. The van der Waals surface area contributed by atoms with Crippen LogP contribution in [0.25, 0.3) is 11.0 Å². The Morgan fingerprint density at radius 1 is 0.917 bits per heavy atom. The highest BCUT2D eigenvalue weighted by Gasteiger charge is 2.16. The predicted molar refractivity (Wildman–Crippen MR) is 91.0 cm³/mol. The van der Waals surface area contributed by atoms with Crippen LogP contribution >= 0.6 is 0 Å². The molecular weight excluding hydrogens is 329 g/mol. The van der Waals surface area contributed by atoms with Crippen molar-refractivity contribution < 1.29 is 12.8 Å². The normalized spacial score (nSPS) is 11.7. The van der Waals surface area contributed by atoms with Crippen LogP contribution in [0.5, 0.6) is 0 Å². The number of rotatable bonds is 3. The molecule has 2 aromatic carbocycles. The summed E-state index contributed by atoms with van der Waals surface area (Å²) < 4.78 is 40.7. The van der Waals surface area contributed by atoms with Gasteiger partial charge in [0.1, 0.15) is 5.82 Å². The monoisotopic (exact) mass is 345 g/mol. The van der Waals surface area contributed by atoms with Crippen molar-refractivity contribution in [1.29, 1.82) is 0 Å². The fourth-order valence-electron chi connectivity index (χ4n) is 2.29. The van der Waals surface area contributed by atoms with Crippen molar-refractivity contribution in [2.24, 2.45) is 0 Å². The van der Waals surface area contributed by atoms with Crippen molar-refractivity contribution in [3.63, 3.8) is 0 Å². The Bertz CT molecular complexity index is 1050. The van der Waals surface area contributed by atoms with E-state index in [1.165, 1.54) is 19.1 Å². The number of nitrogens with zero attached hydrogens (tertiary/aromatic N) is 2. The fraction of sp³-hybridized carbons (Fsp3) is 0.176. The second-order valence-corrected chi connectivity index (χ2v) is 7.30. The third-order valence-corrected chi connectivity index (χ3v) is 5.15. The van der Waals surface area contributed by atoms with Gasteiger partial charge in [0.25, 0.3) is 10.0 Å². The second-order valence-electron chi connectivity index (χ2n) is 5.61. The van der Waals surface area contributed by atoms with Gasteiger partial charge in [-0.25, -0.2) is 22.8 Å². The van der Waals surface area contributed by atoms with Crippen molar-refractivity contribution in [3.8, 4) is 0 Å². The molecule has 24 heavy (non-hydrogen) atoms. The molecule has 1 aromatic heterocycles. The Balaban J connectivity index is 1.98. The maximum absolute atomic E-state index is 13.3. The van der Waals surface area contributed by atoms with Gasteiger partial charge in [-0.05, 0) is 62.7 Å². The third-order valence-electron chi connectivity index (χ3n) is 3.77. The zero-order valence-corrected chi connectivity index (χ0v) is 14.3. The Morgan fingerprint density at radius 3 is 2.25 bits per heavy atom. The van der Waals surface area contributed by atoms with Gasteiger partial charge in [-0.1, -0.05) is 0 Å². The number of aromatic nitrogens is 2. The lowest BCUT2D eigenvalue weighted by atomic mass is 10.2. The lowest BCUT2D eigenvalue weighted by Crippen LogP contribution is -2.13. The molecule has 124 valence electrons. The molecular formula is C17H16FN3O2S. The first kappa shape index (κ1) is 16.3. The van der Waals surface area contributed by atoms with Gasteiger partial charge < -0.3 is 0 Å². The van der Waals surface area contributed by atoms with Crippen molar-refractivity contribution in [2.45, 2.75) is 25.7 Å². The highest BCUT2D eigenvalue weighted by atomic mass is 32.2. The summed E-state index contributed by atoms with van der Waals surface area (Å²) in [5.41, 5.74) is 3.57. The number of anilines is 1. The minimum absolute atomic E-state index is 0.00710. The van der Waals surface area contributed by atoms with Crippen molar-refractivity contribution in [2.75, 3.05) is 4.72 Å². The molecule has 0 amide bonds. The van der Waals surface area contributed by atoms with Crippen LogP contribution in [0, 0.1) is 26.6 Å². The van der Waals surface area contributed by atoms with Crippen LogP contribution < -0.4 is 4.72 Å². The summed E-state index contributed by atoms with van der Waals surface area (Å²) >= 11 is 0. The van der Waals surface area contributed by atoms with Crippen LogP contribution in [0.1, 0.15) is 17.0 Å². The Morgan fingerprint density at radius 2 is 1.58 bits per heavy atom. The Kier molecular flexibility index (Phi) is 3.96. The number of fused-ring (bicyclic) bond motifs is 1. The van der Waals surface area contributed by atoms with Gasteiger partial charge in [-0.15, -0.1) is 0 Å². The van der Waals surface area contributed by atoms with E-state index in [1.54, 1.807) is 18.2 Å². The molecule has 1 heterocycles. The number of hydrogen-bond donors (Lipinski definition) is 1. The number of hydrogen-bond acceptors (Lipinski definition) is 4. The van der Waals surface area contributed by atoms with Crippen molar-refractivity contribution in [1.82, 2.24) is 9.97 Å². The van der Waals surface area contributed by atoms with Gasteiger partial charge in [0, 0.05) is 0 Å². The molecule has 0 aliphatic carbocycles. The molecule has 0 spiro atoms. The van der Waals surface area contributed by atoms with Crippen LogP contribution in [-0.2, 0) is 10.0 Å².